The Hall–Kier alpha value is -1.98. The number of carbonyl (C=O) groups is 2. The van der Waals surface area contributed by atoms with Gasteiger partial charge in [0, 0.05) is 11.3 Å². The van der Waals surface area contributed by atoms with Gasteiger partial charge in [0.1, 0.15) is 0 Å². The summed E-state index contributed by atoms with van der Waals surface area (Å²) in [4.78, 5) is 26.5. The standard InChI is InChI=1S/C16H12O3S2/c17-12(15-6-3-9-21-15)10-11(14-5-2-8-20-14)16(18)13-4-1-7-19-13/h1-9,11H,10H2. The van der Waals surface area contributed by atoms with Gasteiger partial charge in [0.15, 0.2) is 11.5 Å². The SMILES string of the molecule is O=C(CC(C(=O)c1ccco1)c1cccs1)c1cccs1. The van der Waals surface area contributed by atoms with E-state index in [4.69, 9.17) is 4.42 Å². The van der Waals surface area contributed by atoms with E-state index in [0.29, 0.717) is 10.6 Å². The highest BCUT2D eigenvalue weighted by atomic mass is 32.1. The number of furan rings is 1. The molecule has 0 aliphatic carbocycles. The van der Waals surface area contributed by atoms with Gasteiger partial charge < -0.3 is 4.42 Å². The topological polar surface area (TPSA) is 47.3 Å². The molecule has 0 N–H and O–H groups in total. The molecule has 0 saturated heterocycles. The van der Waals surface area contributed by atoms with E-state index in [1.54, 1.807) is 18.2 Å². The number of hydrogen-bond donors (Lipinski definition) is 0. The minimum absolute atomic E-state index is 0.0108. The van der Waals surface area contributed by atoms with E-state index < -0.39 is 5.92 Å². The maximum Gasteiger partial charge on any atom is 0.206 e. The van der Waals surface area contributed by atoms with Crippen molar-refractivity contribution < 1.29 is 14.0 Å². The van der Waals surface area contributed by atoms with Gasteiger partial charge in [-0.15, -0.1) is 22.7 Å². The Kier molecular flexibility index (Phi) is 4.13. The van der Waals surface area contributed by atoms with E-state index in [1.807, 2.05) is 29.0 Å². The van der Waals surface area contributed by atoms with Crippen LogP contribution in [-0.4, -0.2) is 11.6 Å². The molecule has 5 heteroatoms. The second-order valence-corrected chi connectivity index (χ2v) is 6.44. The summed E-state index contributed by atoms with van der Waals surface area (Å²) in [6, 6.07) is 10.7. The van der Waals surface area contributed by atoms with E-state index in [1.165, 1.54) is 28.9 Å². The van der Waals surface area contributed by atoms with Crippen LogP contribution in [0.15, 0.2) is 57.8 Å². The van der Waals surface area contributed by atoms with Gasteiger partial charge in [-0.3, -0.25) is 9.59 Å². The smallest absolute Gasteiger partial charge is 0.206 e. The van der Waals surface area contributed by atoms with E-state index in [9.17, 15) is 9.59 Å². The summed E-state index contributed by atoms with van der Waals surface area (Å²) in [6.07, 6.45) is 1.64. The fourth-order valence-electron chi connectivity index (χ4n) is 2.13. The Morgan fingerprint density at radius 3 is 2.48 bits per heavy atom. The Bertz CT molecular complexity index is 710. The molecule has 0 amide bonds. The van der Waals surface area contributed by atoms with E-state index in [2.05, 4.69) is 0 Å². The molecular formula is C16H12O3S2. The second-order valence-electron chi connectivity index (χ2n) is 4.51. The zero-order valence-electron chi connectivity index (χ0n) is 11.0. The summed E-state index contributed by atoms with van der Waals surface area (Å²) in [5, 5.41) is 3.77. The molecule has 0 aliphatic heterocycles. The summed E-state index contributed by atoms with van der Waals surface area (Å²) in [5.41, 5.74) is 0. The van der Waals surface area contributed by atoms with Gasteiger partial charge >= 0.3 is 0 Å². The van der Waals surface area contributed by atoms with Crippen molar-refractivity contribution in [3.05, 3.63) is 68.9 Å². The highest BCUT2D eigenvalue weighted by Gasteiger charge is 2.28. The average molecular weight is 316 g/mol. The normalized spacial score (nSPS) is 12.2. The molecule has 0 aliphatic rings. The lowest BCUT2D eigenvalue weighted by Crippen LogP contribution is -2.15. The third-order valence-electron chi connectivity index (χ3n) is 3.15. The summed E-state index contributed by atoms with van der Waals surface area (Å²) < 4.78 is 5.19. The van der Waals surface area contributed by atoms with Crippen LogP contribution >= 0.6 is 22.7 Å². The van der Waals surface area contributed by atoms with E-state index in [-0.39, 0.29) is 18.0 Å². The van der Waals surface area contributed by atoms with Crippen LogP contribution < -0.4 is 0 Å². The Balaban J connectivity index is 1.87. The number of Topliss-reactive ketones (excluding diaryl/α,β-unsaturated/α-hetero) is 2. The van der Waals surface area contributed by atoms with Crippen molar-refractivity contribution in [2.75, 3.05) is 0 Å². The number of rotatable bonds is 6. The first-order valence-electron chi connectivity index (χ1n) is 6.43. The number of hydrogen-bond acceptors (Lipinski definition) is 5. The van der Waals surface area contributed by atoms with Crippen LogP contribution in [0.5, 0.6) is 0 Å². The molecule has 0 fully saturated rings. The van der Waals surface area contributed by atoms with Crippen LogP contribution in [0.25, 0.3) is 0 Å². The first-order valence-corrected chi connectivity index (χ1v) is 8.19. The highest BCUT2D eigenvalue weighted by molar-refractivity contribution is 7.12. The van der Waals surface area contributed by atoms with Crippen molar-refractivity contribution in [2.45, 2.75) is 12.3 Å². The van der Waals surface area contributed by atoms with Crippen molar-refractivity contribution >= 4 is 34.2 Å². The lowest BCUT2D eigenvalue weighted by atomic mass is 9.94. The van der Waals surface area contributed by atoms with Gasteiger partial charge in [-0.25, -0.2) is 0 Å². The number of ketones is 2. The first-order chi connectivity index (χ1) is 10.3. The minimum Gasteiger partial charge on any atom is -0.461 e. The van der Waals surface area contributed by atoms with Crippen LogP contribution in [0.3, 0.4) is 0 Å². The molecule has 3 rings (SSSR count). The predicted molar refractivity (Wildman–Crippen MR) is 83.4 cm³/mol. The molecule has 3 aromatic heterocycles. The molecule has 21 heavy (non-hydrogen) atoms. The molecular weight excluding hydrogens is 304 g/mol. The van der Waals surface area contributed by atoms with Gasteiger partial charge in [-0.05, 0) is 35.0 Å². The largest absolute Gasteiger partial charge is 0.461 e. The number of thiophene rings is 2. The monoisotopic (exact) mass is 316 g/mol. The van der Waals surface area contributed by atoms with Crippen molar-refractivity contribution in [2.24, 2.45) is 0 Å². The molecule has 0 aromatic carbocycles. The van der Waals surface area contributed by atoms with Gasteiger partial charge in [-0.2, -0.15) is 0 Å². The Labute approximate surface area is 129 Å². The zero-order chi connectivity index (χ0) is 14.7. The van der Waals surface area contributed by atoms with Gasteiger partial charge in [0.25, 0.3) is 0 Å². The zero-order valence-corrected chi connectivity index (χ0v) is 12.7. The molecule has 106 valence electrons. The fraction of sp³-hybridized carbons (Fsp3) is 0.125. The first kappa shape index (κ1) is 14.0. The molecule has 0 spiro atoms. The molecule has 3 nitrogen and oxygen atoms in total. The molecule has 0 saturated carbocycles. The van der Waals surface area contributed by atoms with Gasteiger partial charge in [0.2, 0.25) is 5.78 Å². The van der Waals surface area contributed by atoms with Crippen LogP contribution in [0.1, 0.15) is 37.4 Å². The van der Waals surface area contributed by atoms with Crippen LogP contribution in [-0.2, 0) is 0 Å². The summed E-state index contributed by atoms with van der Waals surface area (Å²) in [6.45, 7) is 0. The summed E-state index contributed by atoms with van der Waals surface area (Å²) in [7, 11) is 0. The fourth-order valence-corrected chi connectivity index (χ4v) is 3.63. The molecule has 0 bridgehead atoms. The molecule has 0 radical (unpaired) electrons. The lowest BCUT2D eigenvalue weighted by Gasteiger charge is -2.11. The van der Waals surface area contributed by atoms with Crippen molar-refractivity contribution in [3.63, 3.8) is 0 Å². The highest BCUT2D eigenvalue weighted by Crippen LogP contribution is 2.30. The predicted octanol–water partition coefficient (Wildman–Crippen LogP) is 4.64. The third kappa shape index (κ3) is 3.04. The molecule has 1 unspecified atom stereocenters. The van der Waals surface area contributed by atoms with Gasteiger partial charge in [0.05, 0.1) is 17.1 Å². The Morgan fingerprint density at radius 2 is 1.86 bits per heavy atom. The molecule has 3 aromatic rings. The third-order valence-corrected chi connectivity index (χ3v) is 5.05. The van der Waals surface area contributed by atoms with Crippen molar-refractivity contribution in [3.8, 4) is 0 Å². The second kappa shape index (κ2) is 6.20. The average Bonchev–Trinajstić information content (AvgIpc) is 3.27. The summed E-state index contributed by atoms with van der Waals surface area (Å²) in [5.74, 6) is -0.339. The van der Waals surface area contributed by atoms with Crippen LogP contribution in [0.2, 0.25) is 0 Å². The maximum atomic E-state index is 12.6. The molecule has 3 heterocycles. The van der Waals surface area contributed by atoms with Gasteiger partial charge in [-0.1, -0.05) is 12.1 Å². The Morgan fingerprint density at radius 1 is 1.05 bits per heavy atom. The van der Waals surface area contributed by atoms with E-state index >= 15 is 0 Å². The summed E-state index contributed by atoms with van der Waals surface area (Å²) >= 11 is 2.88. The number of carbonyl (C=O) groups excluding carboxylic acids is 2. The maximum absolute atomic E-state index is 12.6. The van der Waals surface area contributed by atoms with Crippen molar-refractivity contribution in [1.82, 2.24) is 0 Å². The minimum atomic E-state index is -0.481. The van der Waals surface area contributed by atoms with Crippen LogP contribution in [0.4, 0.5) is 0 Å². The quantitative estimate of drug-likeness (QED) is 0.622. The molecule has 1 atom stereocenters. The van der Waals surface area contributed by atoms with Crippen LogP contribution in [0, 0.1) is 0 Å². The van der Waals surface area contributed by atoms with E-state index in [0.717, 1.165) is 4.88 Å². The lowest BCUT2D eigenvalue weighted by molar-refractivity contribution is 0.0879. The van der Waals surface area contributed by atoms with Crippen molar-refractivity contribution in [1.29, 1.82) is 0 Å².